The molecule has 1 amide bonds. The van der Waals surface area contributed by atoms with Crippen LogP contribution in [0.2, 0.25) is 0 Å². The molecule has 1 aliphatic heterocycles. The third-order valence-electron chi connectivity index (χ3n) is 4.38. The van der Waals surface area contributed by atoms with Crippen LogP contribution in [0, 0.1) is 0 Å². The monoisotopic (exact) mass is 317 g/mol. The van der Waals surface area contributed by atoms with Crippen molar-refractivity contribution in [3.63, 3.8) is 0 Å². The number of amides is 1. The maximum atomic E-state index is 11.8. The Morgan fingerprint density at radius 3 is 2.22 bits per heavy atom. The van der Waals surface area contributed by atoms with Gasteiger partial charge in [-0.1, -0.05) is 12.1 Å². The van der Waals surface area contributed by atoms with Crippen molar-refractivity contribution >= 4 is 11.9 Å². The van der Waals surface area contributed by atoms with Crippen molar-refractivity contribution < 1.29 is 14.7 Å². The number of nitrogens with one attached hydrogen (secondary N) is 1. The molecule has 1 heterocycles. The Labute approximate surface area is 136 Å². The van der Waals surface area contributed by atoms with E-state index in [-0.39, 0.29) is 5.91 Å². The Kier molecular flexibility index (Phi) is 4.93. The summed E-state index contributed by atoms with van der Waals surface area (Å²) in [5.41, 5.74) is 1.44. The molecule has 1 saturated heterocycles. The van der Waals surface area contributed by atoms with Crippen molar-refractivity contribution in [2.24, 2.45) is 0 Å². The second-order valence-electron chi connectivity index (χ2n) is 6.40. The molecule has 1 aromatic rings. The van der Waals surface area contributed by atoms with E-state index in [9.17, 15) is 9.59 Å². The van der Waals surface area contributed by atoms with Crippen molar-refractivity contribution in [3.8, 4) is 0 Å². The van der Waals surface area contributed by atoms with E-state index < -0.39 is 5.97 Å². The van der Waals surface area contributed by atoms with Gasteiger partial charge in [-0.3, -0.25) is 14.6 Å². The molecule has 0 aromatic heterocycles. The van der Waals surface area contributed by atoms with E-state index in [4.69, 9.17) is 5.11 Å². The molecular weight excluding hydrogens is 294 g/mol. The Morgan fingerprint density at radius 2 is 1.65 bits per heavy atom. The Balaban J connectivity index is 1.41. The summed E-state index contributed by atoms with van der Waals surface area (Å²) in [6.07, 6.45) is 2.25. The van der Waals surface area contributed by atoms with Crippen molar-refractivity contribution in [1.29, 1.82) is 0 Å². The van der Waals surface area contributed by atoms with Crippen LogP contribution in [-0.4, -0.2) is 65.5 Å². The molecule has 1 saturated carbocycles. The average Bonchev–Trinajstić information content (AvgIpc) is 3.33. The van der Waals surface area contributed by atoms with E-state index in [1.54, 1.807) is 12.1 Å². The number of carboxylic acids is 1. The molecular formula is C17H23N3O3. The largest absolute Gasteiger partial charge is 0.478 e. The minimum absolute atomic E-state index is 0.144. The summed E-state index contributed by atoms with van der Waals surface area (Å²) >= 11 is 0. The highest BCUT2D eigenvalue weighted by atomic mass is 16.4. The van der Waals surface area contributed by atoms with E-state index in [0.29, 0.717) is 18.2 Å². The van der Waals surface area contributed by atoms with Gasteiger partial charge in [-0.05, 0) is 30.5 Å². The predicted octanol–water partition coefficient (Wildman–Crippen LogP) is 0.781. The number of piperazine rings is 1. The topological polar surface area (TPSA) is 72.9 Å². The average molecular weight is 317 g/mol. The summed E-state index contributed by atoms with van der Waals surface area (Å²) in [7, 11) is 0. The zero-order valence-electron chi connectivity index (χ0n) is 13.2. The quantitative estimate of drug-likeness (QED) is 0.811. The lowest BCUT2D eigenvalue weighted by molar-refractivity contribution is -0.122. The second-order valence-corrected chi connectivity index (χ2v) is 6.40. The van der Waals surface area contributed by atoms with E-state index in [2.05, 4.69) is 15.1 Å². The number of nitrogens with zero attached hydrogens (tertiary/aromatic N) is 2. The first-order chi connectivity index (χ1) is 11.1. The minimum Gasteiger partial charge on any atom is -0.478 e. The summed E-state index contributed by atoms with van der Waals surface area (Å²) in [4.78, 5) is 27.2. The molecule has 0 bridgehead atoms. The molecule has 6 nitrogen and oxygen atoms in total. The zero-order chi connectivity index (χ0) is 16.2. The van der Waals surface area contributed by atoms with Gasteiger partial charge in [0, 0.05) is 38.8 Å². The molecule has 2 N–H and O–H groups in total. The molecule has 3 rings (SSSR count). The van der Waals surface area contributed by atoms with Gasteiger partial charge in [0.15, 0.2) is 0 Å². The third-order valence-corrected chi connectivity index (χ3v) is 4.38. The molecule has 0 radical (unpaired) electrons. The molecule has 1 aliphatic carbocycles. The van der Waals surface area contributed by atoms with Crippen LogP contribution in [0.1, 0.15) is 28.8 Å². The Morgan fingerprint density at radius 1 is 1.04 bits per heavy atom. The van der Waals surface area contributed by atoms with Crippen LogP contribution in [0.25, 0.3) is 0 Å². The van der Waals surface area contributed by atoms with E-state index in [0.717, 1.165) is 51.1 Å². The zero-order valence-corrected chi connectivity index (χ0v) is 13.2. The smallest absolute Gasteiger partial charge is 0.335 e. The molecule has 0 atom stereocenters. The van der Waals surface area contributed by atoms with Crippen LogP contribution < -0.4 is 5.32 Å². The van der Waals surface area contributed by atoms with Crippen LogP contribution in [-0.2, 0) is 11.3 Å². The van der Waals surface area contributed by atoms with Gasteiger partial charge in [-0.15, -0.1) is 0 Å². The maximum Gasteiger partial charge on any atom is 0.335 e. The van der Waals surface area contributed by atoms with Crippen molar-refractivity contribution in [3.05, 3.63) is 35.4 Å². The van der Waals surface area contributed by atoms with Gasteiger partial charge in [-0.2, -0.15) is 0 Å². The van der Waals surface area contributed by atoms with Gasteiger partial charge >= 0.3 is 5.97 Å². The first kappa shape index (κ1) is 16.0. The number of carbonyl (C=O) groups excluding carboxylic acids is 1. The van der Waals surface area contributed by atoms with Crippen LogP contribution in [0.4, 0.5) is 0 Å². The maximum absolute atomic E-state index is 11.8. The molecule has 0 unspecified atom stereocenters. The normalized spacial score (nSPS) is 19.5. The van der Waals surface area contributed by atoms with Crippen LogP contribution in [0.5, 0.6) is 0 Å². The number of hydrogen-bond donors (Lipinski definition) is 2. The molecule has 2 fully saturated rings. The second kappa shape index (κ2) is 7.10. The van der Waals surface area contributed by atoms with Crippen LogP contribution in [0.15, 0.2) is 24.3 Å². The molecule has 2 aliphatic rings. The Bertz CT molecular complexity index is 561. The fourth-order valence-electron chi connectivity index (χ4n) is 2.82. The van der Waals surface area contributed by atoms with Crippen LogP contribution in [0.3, 0.4) is 0 Å². The fourth-order valence-corrected chi connectivity index (χ4v) is 2.82. The highest BCUT2D eigenvalue weighted by molar-refractivity contribution is 5.87. The summed E-state index contributed by atoms with van der Waals surface area (Å²) < 4.78 is 0. The molecule has 23 heavy (non-hydrogen) atoms. The number of rotatable bonds is 6. The number of aromatic carboxylic acids is 1. The van der Waals surface area contributed by atoms with Gasteiger partial charge in [0.25, 0.3) is 0 Å². The summed E-state index contributed by atoms with van der Waals surface area (Å²) in [5.74, 6) is -0.750. The van der Waals surface area contributed by atoms with Gasteiger partial charge in [0.05, 0.1) is 12.1 Å². The standard InChI is InChI=1S/C17H23N3O3/c21-16(18-15-5-6-15)12-20-9-7-19(8-10-20)11-13-1-3-14(4-2-13)17(22)23/h1-4,15H,5-12H2,(H,18,21)(H,22,23). The van der Waals surface area contributed by atoms with Crippen molar-refractivity contribution in [2.45, 2.75) is 25.4 Å². The van der Waals surface area contributed by atoms with Crippen molar-refractivity contribution in [1.82, 2.24) is 15.1 Å². The number of carboxylic acid groups (broad SMARTS) is 1. The molecule has 1 aromatic carbocycles. The first-order valence-corrected chi connectivity index (χ1v) is 8.16. The third kappa shape index (κ3) is 4.77. The highest BCUT2D eigenvalue weighted by Crippen LogP contribution is 2.18. The Hall–Kier alpha value is -1.92. The minimum atomic E-state index is -0.894. The van der Waals surface area contributed by atoms with E-state index >= 15 is 0 Å². The number of carbonyl (C=O) groups is 2. The summed E-state index contributed by atoms with van der Waals surface area (Å²) in [5, 5.41) is 11.9. The SMILES string of the molecule is O=C(CN1CCN(Cc2ccc(C(=O)O)cc2)CC1)NC1CC1. The number of hydrogen-bond acceptors (Lipinski definition) is 4. The highest BCUT2D eigenvalue weighted by Gasteiger charge is 2.25. The summed E-state index contributed by atoms with van der Waals surface area (Å²) in [6.45, 7) is 4.96. The van der Waals surface area contributed by atoms with Gasteiger partial charge in [0.2, 0.25) is 5.91 Å². The lowest BCUT2D eigenvalue weighted by Gasteiger charge is -2.34. The lowest BCUT2D eigenvalue weighted by Crippen LogP contribution is -2.49. The molecule has 0 spiro atoms. The van der Waals surface area contributed by atoms with Gasteiger partial charge in [-0.25, -0.2) is 4.79 Å². The van der Waals surface area contributed by atoms with Gasteiger partial charge < -0.3 is 10.4 Å². The predicted molar refractivity (Wildman–Crippen MR) is 86.3 cm³/mol. The molecule has 124 valence electrons. The van der Waals surface area contributed by atoms with E-state index in [1.807, 2.05) is 12.1 Å². The lowest BCUT2D eigenvalue weighted by atomic mass is 10.1. The van der Waals surface area contributed by atoms with E-state index in [1.165, 1.54) is 0 Å². The van der Waals surface area contributed by atoms with Crippen molar-refractivity contribution in [2.75, 3.05) is 32.7 Å². The molecule has 6 heteroatoms. The summed E-state index contributed by atoms with van der Waals surface area (Å²) in [6, 6.07) is 7.47. The fraction of sp³-hybridized carbons (Fsp3) is 0.529. The van der Waals surface area contributed by atoms with Gasteiger partial charge in [0.1, 0.15) is 0 Å². The first-order valence-electron chi connectivity index (χ1n) is 8.16. The van der Waals surface area contributed by atoms with Crippen LogP contribution >= 0.6 is 0 Å². The number of benzene rings is 1.